The molecule has 4 heteroatoms. The van der Waals surface area contributed by atoms with Gasteiger partial charge in [0.15, 0.2) is 5.11 Å². The van der Waals surface area contributed by atoms with E-state index in [0.29, 0.717) is 0 Å². The van der Waals surface area contributed by atoms with Gasteiger partial charge in [-0.2, -0.15) is 0 Å². The number of nitrogens with one attached hydrogen (secondary N) is 2. The number of aryl methyl sites for hydroxylation is 1. The van der Waals surface area contributed by atoms with Crippen LogP contribution in [0.1, 0.15) is 44.2 Å². The third kappa shape index (κ3) is 2.90. The lowest BCUT2D eigenvalue weighted by molar-refractivity contribution is 0.337. The predicted octanol–water partition coefficient (Wildman–Crippen LogP) is 3.41. The van der Waals surface area contributed by atoms with Crippen LogP contribution in [-0.2, 0) is 0 Å². The largest absolute Gasteiger partial charge is 0.342 e. The summed E-state index contributed by atoms with van der Waals surface area (Å²) in [5, 5.41) is 6.17. The molecule has 1 aromatic rings. The van der Waals surface area contributed by atoms with Crippen molar-refractivity contribution in [2.24, 2.45) is 0 Å². The molecule has 1 aliphatic rings. The number of benzene rings is 1. The first-order valence-electron chi connectivity index (χ1n) is 6.93. The molecular weight excluding hydrogens is 254 g/mol. The first kappa shape index (κ1) is 14.3. The quantitative estimate of drug-likeness (QED) is 0.825. The lowest BCUT2D eigenvalue weighted by Gasteiger charge is -2.26. The van der Waals surface area contributed by atoms with E-state index in [0.717, 1.165) is 17.2 Å². The summed E-state index contributed by atoms with van der Waals surface area (Å²) >= 11 is 5.48. The average molecular weight is 277 g/mol. The highest BCUT2D eigenvalue weighted by Gasteiger charge is 2.36. The van der Waals surface area contributed by atoms with E-state index in [1.807, 2.05) is 5.01 Å². The van der Waals surface area contributed by atoms with Crippen LogP contribution in [0.2, 0.25) is 0 Å². The van der Waals surface area contributed by atoms with E-state index in [2.05, 4.69) is 56.6 Å². The van der Waals surface area contributed by atoms with Crippen LogP contribution >= 0.6 is 12.2 Å². The van der Waals surface area contributed by atoms with Gasteiger partial charge in [-0.3, -0.25) is 0 Å². The summed E-state index contributed by atoms with van der Waals surface area (Å²) in [5.41, 5.74) is 7.06. The van der Waals surface area contributed by atoms with E-state index in [4.69, 9.17) is 12.2 Å². The fourth-order valence-electron chi connectivity index (χ4n) is 2.41. The van der Waals surface area contributed by atoms with Gasteiger partial charge in [0.1, 0.15) is 5.66 Å². The minimum absolute atomic E-state index is 0.136. The number of unbranched alkanes of at least 4 members (excludes halogenated alkanes) is 1. The Labute approximate surface area is 121 Å². The van der Waals surface area contributed by atoms with Crippen molar-refractivity contribution < 1.29 is 0 Å². The van der Waals surface area contributed by atoms with Crippen LogP contribution in [0.15, 0.2) is 18.2 Å². The number of hydrogen-bond donors (Lipinski definition) is 2. The molecule has 0 unspecified atom stereocenters. The van der Waals surface area contributed by atoms with E-state index in [9.17, 15) is 0 Å². The molecule has 0 radical (unpaired) electrons. The molecule has 1 atom stereocenters. The molecule has 1 aromatic carbocycles. The molecule has 1 heterocycles. The molecule has 1 saturated heterocycles. The summed E-state index contributed by atoms with van der Waals surface area (Å²) in [4.78, 5) is 0. The van der Waals surface area contributed by atoms with Crippen molar-refractivity contribution in [1.29, 1.82) is 0 Å². The zero-order valence-corrected chi connectivity index (χ0v) is 13.0. The molecule has 0 bridgehead atoms. The van der Waals surface area contributed by atoms with Crippen molar-refractivity contribution in [2.75, 3.05) is 5.01 Å². The van der Waals surface area contributed by atoms with Gasteiger partial charge in [0.25, 0.3) is 0 Å². The Bertz CT molecular complexity index is 486. The second-order valence-electron chi connectivity index (χ2n) is 5.53. The van der Waals surface area contributed by atoms with Gasteiger partial charge >= 0.3 is 0 Å². The normalized spacial score (nSPS) is 22.7. The van der Waals surface area contributed by atoms with E-state index in [1.54, 1.807) is 0 Å². The molecule has 2 N–H and O–H groups in total. The van der Waals surface area contributed by atoms with Crippen LogP contribution in [0.3, 0.4) is 0 Å². The van der Waals surface area contributed by atoms with Gasteiger partial charge < -0.3 is 5.32 Å². The monoisotopic (exact) mass is 277 g/mol. The summed E-state index contributed by atoms with van der Waals surface area (Å²) in [7, 11) is 0. The molecule has 104 valence electrons. The van der Waals surface area contributed by atoms with Crippen molar-refractivity contribution in [3.63, 3.8) is 0 Å². The molecule has 3 nitrogen and oxygen atoms in total. The lowest BCUT2D eigenvalue weighted by atomic mass is 10.1. The third-order valence-corrected chi connectivity index (χ3v) is 4.08. The second-order valence-corrected chi connectivity index (χ2v) is 5.92. The van der Waals surface area contributed by atoms with E-state index in [-0.39, 0.29) is 5.66 Å². The SMILES string of the molecule is CCCC[C@]1(C)NC(=S)N(c2cccc(C)c2C)N1. The zero-order valence-electron chi connectivity index (χ0n) is 12.2. The molecule has 2 rings (SSSR count). The third-order valence-electron chi connectivity index (χ3n) is 3.79. The molecule has 19 heavy (non-hydrogen) atoms. The number of thiocarbonyl (C=S) groups is 1. The predicted molar refractivity (Wildman–Crippen MR) is 85.2 cm³/mol. The van der Waals surface area contributed by atoms with Gasteiger partial charge in [-0.05, 0) is 63.0 Å². The Morgan fingerprint density at radius 1 is 1.32 bits per heavy atom. The molecule has 1 aliphatic heterocycles. The topological polar surface area (TPSA) is 27.3 Å². The minimum Gasteiger partial charge on any atom is -0.342 e. The van der Waals surface area contributed by atoms with Gasteiger partial charge in [0.05, 0.1) is 5.69 Å². The summed E-state index contributed by atoms with van der Waals surface area (Å²) in [6, 6.07) is 6.31. The van der Waals surface area contributed by atoms with Gasteiger partial charge in [-0.25, -0.2) is 10.4 Å². The Balaban J connectivity index is 2.22. The molecule has 0 saturated carbocycles. The Kier molecular flexibility index (Phi) is 4.11. The molecule has 0 aliphatic carbocycles. The minimum atomic E-state index is -0.136. The maximum absolute atomic E-state index is 5.48. The summed E-state index contributed by atoms with van der Waals surface area (Å²) in [5.74, 6) is 0. The fraction of sp³-hybridized carbons (Fsp3) is 0.533. The highest BCUT2D eigenvalue weighted by Crippen LogP contribution is 2.26. The summed E-state index contributed by atoms with van der Waals surface area (Å²) in [6.45, 7) is 8.64. The number of hydrazine groups is 1. The van der Waals surface area contributed by atoms with Gasteiger partial charge in [0, 0.05) is 0 Å². The van der Waals surface area contributed by atoms with Gasteiger partial charge in [-0.15, -0.1) is 0 Å². The first-order chi connectivity index (χ1) is 8.97. The average Bonchev–Trinajstić information content (AvgIpc) is 2.66. The Morgan fingerprint density at radius 3 is 2.74 bits per heavy atom. The standard InChI is InChI=1S/C15H23N3S/c1-5-6-10-15(4)16-14(19)18(17-15)13-9-7-8-11(2)12(13)3/h7-9,17H,5-6,10H2,1-4H3,(H,16,19)/t15-/m1/s1. The van der Waals surface area contributed by atoms with Crippen LogP contribution in [0.5, 0.6) is 0 Å². The Morgan fingerprint density at radius 2 is 2.05 bits per heavy atom. The van der Waals surface area contributed by atoms with Crippen LogP contribution in [-0.4, -0.2) is 10.8 Å². The first-order valence-corrected chi connectivity index (χ1v) is 7.34. The van der Waals surface area contributed by atoms with Gasteiger partial charge in [-0.1, -0.05) is 25.5 Å². The highest BCUT2D eigenvalue weighted by atomic mass is 32.1. The van der Waals surface area contributed by atoms with Crippen molar-refractivity contribution >= 4 is 23.0 Å². The smallest absolute Gasteiger partial charge is 0.189 e. The van der Waals surface area contributed by atoms with Crippen LogP contribution in [0.4, 0.5) is 5.69 Å². The highest BCUT2D eigenvalue weighted by molar-refractivity contribution is 7.80. The summed E-state index contributed by atoms with van der Waals surface area (Å²) in [6.07, 6.45) is 3.43. The van der Waals surface area contributed by atoms with Crippen molar-refractivity contribution in [3.8, 4) is 0 Å². The lowest BCUT2D eigenvalue weighted by Crippen LogP contribution is -2.48. The van der Waals surface area contributed by atoms with Gasteiger partial charge in [0.2, 0.25) is 0 Å². The number of rotatable bonds is 4. The number of nitrogens with zero attached hydrogens (tertiary/aromatic N) is 1. The van der Waals surface area contributed by atoms with E-state index in [1.165, 1.54) is 24.0 Å². The van der Waals surface area contributed by atoms with Crippen LogP contribution in [0.25, 0.3) is 0 Å². The summed E-state index contributed by atoms with van der Waals surface area (Å²) < 4.78 is 0. The van der Waals surface area contributed by atoms with Crippen LogP contribution in [0, 0.1) is 13.8 Å². The van der Waals surface area contributed by atoms with Crippen LogP contribution < -0.4 is 15.8 Å². The molecule has 0 aromatic heterocycles. The molecule has 0 amide bonds. The fourth-order valence-corrected chi connectivity index (χ4v) is 2.78. The molecular formula is C15H23N3S. The van der Waals surface area contributed by atoms with E-state index >= 15 is 0 Å². The van der Waals surface area contributed by atoms with E-state index < -0.39 is 0 Å². The van der Waals surface area contributed by atoms with Crippen molar-refractivity contribution in [2.45, 2.75) is 52.6 Å². The van der Waals surface area contributed by atoms with Crippen molar-refractivity contribution in [3.05, 3.63) is 29.3 Å². The zero-order chi connectivity index (χ0) is 14.0. The second kappa shape index (κ2) is 5.47. The molecule has 0 spiro atoms. The van der Waals surface area contributed by atoms with Crippen molar-refractivity contribution in [1.82, 2.24) is 10.7 Å². The maximum Gasteiger partial charge on any atom is 0.189 e. The maximum atomic E-state index is 5.48. The number of hydrogen-bond acceptors (Lipinski definition) is 2. The Hall–Kier alpha value is -1.13. The number of anilines is 1. The molecule has 1 fully saturated rings.